The Hall–Kier alpha value is -1.25. The maximum absolute atomic E-state index is 4.27. The largest absolute Gasteiger partial charge is 0.380 e. The van der Waals surface area contributed by atoms with E-state index in [4.69, 9.17) is 0 Å². The summed E-state index contributed by atoms with van der Waals surface area (Å²) in [6, 6.07) is 4.11. The molecule has 0 amide bonds. The summed E-state index contributed by atoms with van der Waals surface area (Å²) in [5.41, 5.74) is 1.35. The van der Waals surface area contributed by atoms with E-state index in [2.05, 4.69) is 42.5 Å². The number of nitrogens with one attached hydrogen (secondary N) is 2. The summed E-state index contributed by atoms with van der Waals surface area (Å²) in [5.74, 6) is 1.77. The average molecular weight is 219 g/mol. The highest BCUT2D eigenvalue weighted by molar-refractivity contribution is 5.53. The van der Waals surface area contributed by atoms with Gasteiger partial charge in [0.25, 0.3) is 0 Å². The maximum Gasteiger partial charge on any atom is 0.127 e. The second-order valence-electron chi connectivity index (χ2n) is 5.08. The zero-order valence-electron chi connectivity index (χ0n) is 10.4. The van der Waals surface area contributed by atoms with E-state index >= 15 is 0 Å². The lowest BCUT2D eigenvalue weighted by Gasteiger charge is -2.27. The Balaban J connectivity index is 2.05. The van der Waals surface area contributed by atoms with Crippen molar-refractivity contribution >= 4 is 11.5 Å². The minimum atomic E-state index is 0.199. The van der Waals surface area contributed by atoms with Crippen molar-refractivity contribution in [2.45, 2.75) is 39.2 Å². The van der Waals surface area contributed by atoms with E-state index in [1.165, 1.54) is 12.8 Å². The third kappa shape index (κ3) is 2.65. The van der Waals surface area contributed by atoms with Crippen LogP contribution in [0.5, 0.6) is 0 Å². The Kier molecular flexibility index (Phi) is 3.03. The fourth-order valence-corrected chi connectivity index (χ4v) is 2.07. The maximum atomic E-state index is 4.27. The molecule has 0 radical (unpaired) electrons. The van der Waals surface area contributed by atoms with Crippen molar-refractivity contribution < 1.29 is 0 Å². The lowest BCUT2D eigenvalue weighted by Crippen LogP contribution is -2.33. The van der Waals surface area contributed by atoms with E-state index in [-0.39, 0.29) is 5.54 Å². The van der Waals surface area contributed by atoms with E-state index in [0.717, 1.165) is 24.0 Å². The van der Waals surface area contributed by atoms with Crippen LogP contribution in [0.4, 0.5) is 11.5 Å². The van der Waals surface area contributed by atoms with E-state index in [1.54, 1.807) is 0 Å². The molecule has 3 nitrogen and oxygen atoms in total. The van der Waals surface area contributed by atoms with Crippen molar-refractivity contribution in [1.82, 2.24) is 4.98 Å². The first-order chi connectivity index (χ1) is 7.62. The molecule has 0 aliphatic heterocycles. The molecule has 1 aliphatic carbocycles. The van der Waals surface area contributed by atoms with Gasteiger partial charge in [-0.25, -0.2) is 4.98 Å². The molecule has 16 heavy (non-hydrogen) atoms. The van der Waals surface area contributed by atoms with Gasteiger partial charge in [0.1, 0.15) is 5.82 Å². The molecule has 3 heteroatoms. The van der Waals surface area contributed by atoms with E-state index in [1.807, 2.05) is 12.3 Å². The first kappa shape index (κ1) is 11.2. The Morgan fingerprint density at radius 1 is 1.44 bits per heavy atom. The monoisotopic (exact) mass is 219 g/mol. The smallest absolute Gasteiger partial charge is 0.127 e. The van der Waals surface area contributed by atoms with Gasteiger partial charge in [-0.1, -0.05) is 0 Å². The summed E-state index contributed by atoms with van der Waals surface area (Å²) in [5, 5.41) is 6.83. The second kappa shape index (κ2) is 4.32. The van der Waals surface area contributed by atoms with Crippen LogP contribution in [0, 0.1) is 5.92 Å². The van der Waals surface area contributed by atoms with Gasteiger partial charge in [-0.05, 0) is 45.6 Å². The predicted octanol–water partition coefficient (Wildman–Crippen LogP) is 3.11. The van der Waals surface area contributed by atoms with Gasteiger partial charge in [-0.3, -0.25) is 0 Å². The minimum absolute atomic E-state index is 0.199. The van der Waals surface area contributed by atoms with Gasteiger partial charge in [-0.2, -0.15) is 0 Å². The van der Waals surface area contributed by atoms with Crippen molar-refractivity contribution in [3.8, 4) is 0 Å². The minimum Gasteiger partial charge on any atom is -0.380 e. The molecule has 0 bridgehead atoms. The molecule has 1 heterocycles. The van der Waals surface area contributed by atoms with Gasteiger partial charge >= 0.3 is 0 Å². The molecule has 1 aromatic rings. The number of rotatable bonds is 5. The van der Waals surface area contributed by atoms with Gasteiger partial charge in [0.2, 0.25) is 0 Å². The highest BCUT2D eigenvalue weighted by atomic mass is 15.0. The molecule has 2 rings (SSSR count). The molecular weight excluding hydrogens is 198 g/mol. The van der Waals surface area contributed by atoms with Crippen molar-refractivity contribution in [2.24, 2.45) is 5.92 Å². The van der Waals surface area contributed by atoms with Crippen LogP contribution in [0.15, 0.2) is 18.3 Å². The van der Waals surface area contributed by atoms with Crippen molar-refractivity contribution in [2.75, 3.05) is 17.2 Å². The lowest BCUT2D eigenvalue weighted by atomic mass is 9.98. The number of hydrogen-bond donors (Lipinski definition) is 2. The van der Waals surface area contributed by atoms with E-state index < -0.39 is 0 Å². The Labute approximate surface area is 97.7 Å². The van der Waals surface area contributed by atoms with Crippen LogP contribution in [-0.2, 0) is 0 Å². The fraction of sp³-hybridized carbons (Fsp3) is 0.615. The summed E-state index contributed by atoms with van der Waals surface area (Å²) in [4.78, 5) is 4.27. The summed E-state index contributed by atoms with van der Waals surface area (Å²) in [6.07, 6.45) is 4.56. The molecular formula is C13H21N3. The van der Waals surface area contributed by atoms with Crippen LogP contribution in [-0.4, -0.2) is 17.1 Å². The van der Waals surface area contributed by atoms with Gasteiger partial charge in [0.05, 0.1) is 0 Å². The molecule has 2 N–H and O–H groups in total. The van der Waals surface area contributed by atoms with Crippen LogP contribution in [0.3, 0.4) is 0 Å². The normalized spacial score (nSPS) is 15.9. The van der Waals surface area contributed by atoms with Gasteiger partial charge in [-0.15, -0.1) is 0 Å². The predicted molar refractivity (Wildman–Crippen MR) is 68.8 cm³/mol. The first-order valence-electron chi connectivity index (χ1n) is 6.10. The Morgan fingerprint density at radius 3 is 2.81 bits per heavy atom. The van der Waals surface area contributed by atoms with Crippen molar-refractivity contribution in [3.05, 3.63) is 18.3 Å². The highest BCUT2D eigenvalue weighted by Gasteiger charge is 2.37. The molecule has 0 aromatic carbocycles. The molecule has 88 valence electrons. The third-order valence-electron chi connectivity index (χ3n) is 3.18. The molecule has 0 atom stereocenters. The highest BCUT2D eigenvalue weighted by Crippen LogP contribution is 2.41. The quantitative estimate of drug-likeness (QED) is 0.799. The van der Waals surface area contributed by atoms with Crippen LogP contribution in [0.25, 0.3) is 0 Å². The van der Waals surface area contributed by atoms with Crippen LogP contribution < -0.4 is 10.6 Å². The summed E-state index contributed by atoms with van der Waals surface area (Å²) >= 11 is 0. The Bertz CT molecular complexity index is 356. The zero-order valence-corrected chi connectivity index (χ0v) is 10.4. The van der Waals surface area contributed by atoms with E-state index in [0.29, 0.717) is 0 Å². The summed E-state index contributed by atoms with van der Waals surface area (Å²) in [7, 11) is 0. The van der Waals surface area contributed by atoms with E-state index in [9.17, 15) is 0 Å². The fourth-order valence-electron chi connectivity index (χ4n) is 2.07. The third-order valence-corrected chi connectivity index (χ3v) is 3.18. The number of pyridine rings is 1. The van der Waals surface area contributed by atoms with Gasteiger partial charge in [0, 0.05) is 30.0 Å². The zero-order chi connectivity index (χ0) is 11.6. The number of nitrogens with zero attached hydrogens (tertiary/aromatic N) is 1. The SMILES string of the molecule is CCNc1cc(NC(C)(C)C2CC2)ccn1. The molecule has 1 aliphatic rings. The van der Waals surface area contributed by atoms with Gasteiger partial charge < -0.3 is 10.6 Å². The molecule has 0 saturated heterocycles. The lowest BCUT2D eigenvalue weighted by molar-refractivity contribution is 0.494. The van der Waals surface area contributed by atoms with Crippen LogP contribution >= 0.6 is 0 Å². The molecule has 1 aromatic heterocycles. The molecule has 1 fully saturated rings. The van der Waals surface area contributed by atoms with Crippen molar-refractivity contribution in [3.63, 3.8) is 0 Å². The van der Waals surface area contributed by atoms with Crippen LogP contribution in [0.1, 0.15) is 33.6 Å². The molecule has 1 saturated carbocycles. The summed E-state index contributed by atoms with van der Waals surface area (Å²) < 4.78 is 0. The summed E-state index contributed by atoms with van der Waals surface area (Å²) in [6.45, 7) is 7.54. The Morgan fingerprint density at radius 2 is 2.19 bits per heavy atom. The molecule has 0 spiro atoms. The molecule has 0 unspecified atom stereocenters. The first-order valence-corrected chi connectivity index (χ1v) is 6.10. The number of aromatic nitrogens is 1. The van der Waals surface area contributed by atoms with Crippen LogP contribution in [0.2, 0.25) is 0 Å². The second-order valence-corrected chi connectivity index (χ2v) is 5.08. The average Bonchev–Trinajstić information content (AvgIpc) is 3.01. The van der Waals surface area contributed by atoms with Crippen molar-refractivity contribution in [1.29, 1.82) is 0 Å². The standard InChI is InChI=1S/C13H21N3/c1-4-14-12-9-11(7-8-15-12)16-13(2,3)10-5-6-10/h7-10H,4-6H2,1-3H3,(H2,14,15,16). The topological polar surface area (TPSA) is 37.0 Å². The number of hydrogen-bond acceptors (Lipinski definition) is 3. The number of anilines is 2. The van der Waals surface area contributed by atoms with Gasteiger partial charge in [0.15, 0.2) is 0 Å².